The van der Waals surface area contributed by atoms with Gasteiger partial charge in [-0.25, -0.2) is 0 Å². The Kier molecular flexibility index (Phi) is 2.75. The highest BCUT2D eigenvalue weighted by Gasteiger charge is 2.39. The SMILES string of the molecule is COC1(C)CN(c2cc(Cl)nnc2Cl)C1. The zero-order valence-corrected chi connectivity index (χ0v) is 10.0. The number of hydrogen-bond donors (Lipinski definition) is 0. The molecule has 15 heavy (non-hydrogen) atoms. The van der Waals surface area contributed by atoms with Crippen LogP contribution in [0.2, 0.25) is 10.3 Å². The zero-order chi connectivity index (χ0) is 11.1. The molecule has 2 heterocycles. The highest BCUT2D eigenvalue weighted by molar-refractivity contribution is 6.33. The first-order valence-corrected chi connectivity index (χ1v) is 5.28. The molecule has 1 aromatic rings. The van der Waals surface area contributed by atoms with Crippen molar-refractivity contribution in [1.82, 2.24) is 10.2 Å². The fourth-order valence-electron chi connectivity index (χ4n) is 1.63. The maximum atomic E-state index is 5.93. The lowest BCUT2D eigenvalue weighted by atomic mass is 9.96. The molecule has 0 aromatic carbocycles. The molecule has 0 atom stereocenters. The molecule has 1 saturated heterocycles. The minimum atomic E-state index is -0.0981. The quantitative estimate of drug-likeness (QED) is 0.802. The number of anilines is 1. The van der Waals surface area contributed by atoms with Gasteiger partial charge in [0.15, 0.2) is 10.3 Å². The number of ether oxygens (including phenoxy) is 1. The van der Waals surface area contributed by atoms with E-state index in [-0.39, 0.29) is 5.60 Å². The summed E-state index contributed by atoms with van der Waals surface area (Å²) in [7, 11) is 1.71. The number of rotatable bonds is 2. The number of hydrogen-bond acceptors (Lipinski definition) is 4. The molecule has 1 fully saturated rings. The Labute approximate surface area is 98.1 Å². The van der Waals surface area contributed by atoms with E-state index in [1.807, 2.05) is 6.92 Å². The molecule has 1 aliphatic rings. The van der Waals surface area contributed by atoms with Gasteiger partial charge in [0.2, 0.25) is 0 Å². The van der Waals surface area contributed by atoms with Gasteiger partial charge in [0, 0.05) is 26.3 Å². The molecular formula is C9H11Cl2N3O. The van der Waals surface area contributed by atoms with Gasteiger partial charge in [-0.05, 0) is 6.92 Å². The maximum absolute atomic E-state index is 5.93. The molecule has 6 heteroatoms. The lowest BCUT2D eigenvalue weighted by Crippen LogP contribution is -2.61. The molecule has 1 aromatic heterocycles. The highest BCUT2D eigenvalue weighted by atomic mass is 35.5. The fraction of sp³-hybridized carbons (Fsp3) is 0.556. The van der Waals surface area contributed by atoms with Crippen molar-refractivity contribution in [1.29, 1.82) is 0 Å². The highest BCUT2D eigenvalue weighted by Crippen LogP contribution is 2.34. The van der Waals surface area contributed by atoms with Crippen LogP contribution in [-0.2, 0) is 4.74 Å². The molecule has 2 rings (SSSR count). The molecule has 0 N–H and O–H groups in total. The van der Waals surface area contributed by atoms with Crippen LogP contribution < -0.4 is 4.90 Å². The summed E-state index contributed by atoms with van der Waals surface area (Å²) in [6.45, 7) is 3.62. The van der Waals surface area contributed by atoms with Crippen LogP contribution in [-0.4, -0.2) is 36.0 Å². The maximum Gasteiger partial charge on any atom is 0.175 e. The van der Waals surface area contributed by atoms with Gasteiger partial charge in [0.05, 0.1) is 11.3 Å². The van der Waals surface area contributed by atoms with E-state index in [0.717, 1.165) is 18.8 Å². The minimum Gasteiger partial charge on any atom is -0.375 e. The van der Waals surface area contributed by atoms with Gasteiger partial charge in [0.25, 0.3) is 0 Å². The van der Waals surface area contributed by atoms with Crippen molar-refractivity contribution >= 4 is 28.9 Å². The summed E-state index contributed by atoms with van der Waals surface area (Å²) in [5.74, 6) is 0. The molecule has 0 radical (unpaired) electrons. The van der Waals surface area contributed by atoms with Crippen molar-refractivity contribution in [3.05, 3.63) is 16.4 Å². The lowest BCUT2D eigenvalue weighted by Gasteiger charge is -2.48. The van der Waals surface area contributed by atoms with Crippen molar-refractivity contribution in [2.45, 2.75) is 12.5 Å². The molecule has 82 valence electrons. The topological polar surface area (TPSA) is 38.2 Å². The summed E-state index contributed by atoms with van der Waals surface area (Å²) in [5.41, 5.74) is 0.713. The van der Waals surface area contributed by atoms with E-state index >= 15 is 0 Å². The third kappa shape index (κ3) is 2.02. The van der Waals surface area contributed by atoms with E-state index in [9.17, 15) is 0 Å². The van der Waals surface area contributed by atoms with E-state index in [2.05, 4.69) is 15.1 Å². The first kappa shape index (κ1) is 10.9. The van der Waals surface area contributed by atoms with Gasteiger partial charge >= 0.3 is 0 Å². The number of aromatic nitrogens is 2. The van der Waals surface area contributed by atoms with E-state index in [1.165, 1.54) is 0 Å². The Hall–Kier alpha value is -0.580. The minimum absolute atomic E-state index is 0.0981. The summed E-state index contributed by atoms with van der Waals surface area (Å²) in [6, 6.07) is 1.71. The number of methoxy groups -OCH3 is 1. The Bertz CT molecular complexity index is 380. The fourth-order valence-corrected chi connectivity index (χ4v) is 1.98. The lowest BCUT2D eigenvalue weighted by molar-refractivity contribution is -0.0167. The monoisotopic (exact) mass is 247 g/mol. The summed E-state index contributed by atoms with van der Waals surface area (Å²) < 4.78 is 5.34. The van der Waals surface area contributed by atoms with Crippen molar-refractivity contribution in [3.63, 3.8) is 0 Å². The standard InChI is InChI=1S/C9H11Cl2N3O/c1-9(15-2)4-14(5-9)6-3-7(10)12-13-8(6)11/h3H,4-5H2,1-2H3. The summed E-state index contributed by atoms with van der Waals surface area (Å²) in [5, 5.41) is 8.14. The van der Waals surface area contributed by atoms with Gasteiger partial charge in [-0.15, -0.1) is 10.2 Å². The molecule has 0 amide bonds. The van der Waals surface area contributed by atoms with Crippen LogP contribution in [0.15, 0.2) is 6.07 Å². The van der Waals surface area contributed by atoms with E-state index in [0.29, 0.717) is 10.3 Å². The van der Waals surface area contributed by atoms with Crippen molar-refractivity contribution in [2.75, 3.05) is 25.1 Å². The Morgan fingerprint density at radius 2 is 2.07 bits per heavy atom. The van der Waals surface area contributed by atoms with Gasteiger partial charge in [-0.1, -0.05) is 23.2 Å². The number of nitrogens with zero attached hydrogens (tertiary/aromatic N) is 3. The van der Waals surface area contributed by atoms with Gasteiger partial charge in [0.1, 0.15) is 0 Å². The zero-order valence-electron chi connectivity index (χ0n) is 8.50. The van der Waals surface area contributed by atoms with Gasteiger partial charge < -0.3 is 9.64 Å². The van der Waals surface area contributed by atoms with Crippen molar-refractivity contribution in [3.8, 4) is 0 Å². The molecule has 1 aliphatic heterocycles. The second kappa shape index (κ2) is 3.77. The molecular weight excluding hydrogens is 237 g/mol. The van der Waals surface area contributed by atoms with Crippen LogP contribution >= 0.6 is 23.2 Å². The molecule has 0 unspecified atom stereocenters. The molecule has 0 bridgehead atoms. The van der Waals surface area contributed by atoms with Crippen molar-refractivity contribution < 1.29 is 4.74 Å². The molecule has 0 spiro atoms. The van der Waals surface area contributed by atoms with Crippen LogP contribution in [0.1, 0.15) is 6.92 Å². The van der Waals surface area contributed by atoms with Crippen LogP contribution in [0.25, 0.3) is 0 Å². The third-order valence-corrected chi connectivity index (χ3v) is 3.04. The third-order valence-electron chi connectivity index (χ3n) is 2.58. The number of halogens is 2. The smallest absolute Gasteiger partial charge is 0.175 e. The summed E-state index contributed by atoms with van der Waals surface area (Å²) in [4.78, 5) is 2.06. The second-order valence-corrected chi connectivity index (χ2v) is 4.60. The molecule has 0 aliphatic carbocycles. The van der Waals surface area contributed by atoms with Gasteiger partial charge in [-0.3, -0.25) is 0 Å². The first-order chi connectivity index (χ1) is 7.04. The van der Waals surface area contributed by atoms with Crippen LogP contribution in [0.5, 0.6) is 0 Å². The van der Waals surface area contributed by atoms with Gasteiger partial charge in [-0.2, -0.15) is 0 Å². The largest absolute Gasteiger partial charge is 0.375 e. The molecule has 0 saturated carbocycles. The summed E-state index contributed by atoms with van der Waals surface area (Å²) in [6.07, 6.45) is 0. The van der Waals surface area contributed by atoms with Crippen molar-refractivity contribution in [2.24, 2.45) is 0 Å². The Morgan fingerprint density at radius 1 is 1.40 bits per heavy atom. The average molecular weight is 248 g/mol. The normalized spacial score (nSPS) is 18.8. The van der Waals surface area contributed by atoms with E-state index in [4.69, 9.17) is 27.9 Å². The van der Waals surface area contributed by atoms with E-state index < -0.39 is 0 Å². The Morgan fingerprint density at radius 3 is 2.67 bits per heavy atom. The first-order valence-electron chi connectivity index (χ1n) is 4.53. The Balaban J connectivity index is 2.16. The van der Waals surface area contributed by atoms with E-state index in [1.54, 1.807) is 13.2 Å². The van der Waals surface area contributed by atoms with Crippen LogP contribution in [0, 0.1) is 0 Å². The predicted molar refractivity (Wildman–Crippen MR) is 59.7 cm³/mol. The summed E-state index contributed by atoms with van der Waals surface area (Å²) >= 11 is 11.7. The van der Waals surface area contributed by atoms with Crippen LogP contribution in [0.4, 0.5) is 5.69 Å². The average Bonchev–Trinajstić information content (AvgIpc) is 2.17. The second-order valence-electron chi connectivity index (χ2n) is 3.85. The molecule has 4 nitrogen and oxygen atoms in total. The predicted octanol–water partition coefficient (Wildman–Crippen LogP) is 2.01. The van der Waals surface area contributed by atoms with Crippen LogP contribution in [0.3, 0.4) is 0 Å².